The number of likely N-dealkylation sites (tertiary alicyclic amines) is 1. The highest BCUT2D eigenvalue weighted by Gasteiger charge is 2.22. The summed E-state index contributed by atoms with van der Waals surface area (Å²) in [6.07, 6.45) is 6.63. The van der Waals surface area contributed by atoms with Crippen molar-refractivity contribution in [1.82, 2.24) is 4.90 Å². The molecule has 1 atom stereocenters. The Morgan fingerprint density at radius 3 is 2.50 bits per heavy atom. The molecule has 1 saturated heterocycles. The summed E-state index contributed by atoms with van der Waals surface area (Å²) >= 11 is 0. The van der Waals surface area contributed by atoms with Crippen molar-refractivity contribution >= 4 is 12.4 Å². The second-order valence-electron chi connectivity index (χ2n) is 6.07. The van der Waals surface area contributed by atoms with Gasteiger partial charge in [0.25, 0.3) is 0 Å². The fourth-order valence-corrected chi connectivity index (χ4v) is 2.35. The number of hydrogen-bond acceptors (Lipinski definition) is 2. The Bertz CT molecular complexity index is 175. The van der Waals surface area contributed by atoms with Crippen LogP contribution in [-0.4, -0.2) is 30.6 Å². The molecule has 0 aromatic carbocycles. The summed E-state index contributed by atoms with van der Waals surface area (Å²) in [5.74, 6) is 0. The monoisotopic (exact) mass is 248 g/mol. The van der Waals surface area contributed by atoms with E-state index < -0.39 is 0 Å². The summed E-state index contributed by atoms with van der Waals surface area (Å²) in [5, 5.41) is 0. The highest BCUT2D eigenvalue weighted by molar-refractivity contribution is 5.85. The van der Waals surface area contributed by atoms with Crippen LogP contribution in [0.3, 0.4) is 0 Å². The molecule has 0 aliphatic carbocycles. The van der Waals surface area contributed by atoms with Crippen LogP contribution in [0.5, 0.6) is 0 Å². The summed E-state index contributed by atoms with van der Waals surface area (Å²) in [6.45, 7) is 10.4. The van der Waals surface area contributed by atoms with E-state index in [0.29, 0.717) is 5.41 Å². The van der Waals surface area contributed by atoms with Crippen molar-refractivity contribution in [2.45, 2.75) is 58.9 Å². The standard InChI is InChI=1S/C13H28N2.ClH/c1-13(2,3)8-11-15-10-5-4-6-12(15)7-9-14;/h12H,4-11,14H2,1-3H3;1H. The van der Waals surface area contributed by atoms with Crippen molar-refractivity contribution in [2.75, 3.05) is 19.6 Å². The van der Waals surface area contributed by atoms with Crippen molar-refractivity contribution in [3.05, 3.63) is 0 Å². The molecule has 98 valence electrons. The third-order valence-corrected chi connectivity index (χ3v) is 3.40. The largest absolute Gasteiger partial charge is 0.330 e. The maximum atomic E-state index is 5.68. The van der Waals surface area contributed by atoms with E-state index in [1.807, 2.05) is 0 Å². The summed E-state index contributed by atoms with van der Waals surface area (Å²) < 4.78 is 0. The molecule has 0 spiro atoms. The zero-order valence-electron chi connectivity index (χ0n) is 11.2. The Labute approximate surface area is 107 Å². The van der Waals surface area contributed by atoms with E-state index in [-0.39, 0.29) is 12.4 Å². The number of nitrogens with two attached hydrogens (primary N) is 1. The SMILES string of the molecule is CC(C)(C)CCN1CCCCC1CCN.Cl. The van der Waals surface area contributed by atoms with E-state index in [4.69, 9.17) is 5.73 Å². The van der Waals surface area contributed by atoms with E-state index in [2.05, 4.69) is 25.7 Å². The molecule has 0 amide bonds. The average molecular weight is 249 g/mol. The van der Waals surface area contributed by atoms with Gasteiger partial charge in [0.15, 0.2) is 0 Å². The highest BCUT2D eigenvalue weighted by atomic mass is 35.5. The number of halogens is 1. The lowest BCUT2D eigenvalue weighted by atomic mass is 9.90. The van der Waals surface area contributed by atoms with E-state index in [1.54, 1.807) is 0 Å². The van der Waals surface area contributed by atoms with Gasteiger partial charge in [-0.2, -0.15) is 0 Å². The Kier molecular flexibility index (Phi) is 7.62. The molecular formula is C13H29ClN2. The van der Waals surface area contributed by atoms with Crippen LogP contribution in [0.15, 0.2) is 0 Å². The molecule has 0 bridgehead atoms. The van der Waals surface area contributed by atoms with E-state index >= 15 is 0 Å². The van der Waals surface area contributed by atoms with Crippen LogP contribution in [-0.2, 0) is 0 Å². The predicted octanol–water partition coefficient (Wildman–Crippen LogP) is 3.05. The molecule has 1 aliphatic rings. The van der Waals surface area contributed by atoms with Gasteiger partial charge >= 0.3 is 0 Å². The van der Waals surface area contributed by atoms with Gasteiger partial charge in [0.2, 0.25) is 0 Å². The summed E-state index contributed by atoms with van der Waals surface area (Å²) in [7, 11) is 0. The molecule has 1 fully saturated rings. The minimum absolute atomic E-state index is 0. The molecular weight excluding hydrogens is 220 g/mol. The van der Waals surface area contributed by atoms with Gasteiger partial charge in [-0.05, 0) is 50.7 Å². The van der Waals surface area contributed by atoms with Gasteiger partial charge in [0, 0.05) is 6.04 Å². The van der Waals surface area contributed by atoms with Crippen LogP contribution in [0.2, 0.25) is 0 Å². The zero-order valence-corrected chi connectivity index (χ0v) is 12.0. The Morgan fingerprint density at radius 2 is 1.94 bits per heavy atom. The van der Waals surface area contributed by atoms with Crippen LogP contribution in [0.4, 0.5) is 0 Å². The predicted molar refractivity (Wildman–Crippen MR) is 74.2 cm³/mol. The molecule has 3 heteroatoms. The van der Waals surface area contributed by atoms with Gasteiger partial charge in [-0.15, -0.1) is 12.4 Å². The van der Waals surface area contributed by atoms with Gasteiger partial charge in [0.1, 0.15) is 0 Å². The number of piperidine rings is 1. The smallest absolute Gasteiger partial charge is 0.0107 e. The van der Waals surface area contributed by atoms with Crippen molar-refractivity contribution < 1.29 is 0 Å². The molecule has 0 aromatic rings. The molecule has 1 heterocycles. The highest BCUT2D eigenvalue weighted by Crippen LogP contribution is 2.24. The lowest BCUT2D eigenvalue weighted by molar-refractivity contribution is 0.124. The van der Waals surface area contributed by atoms with Gasteiger partial charge in [-0.1, -0.05) is 27.2 Å². The zero-order chi connectivity index (χ0) is 11.3. The van der Waals surface area contributed by atoms with Gasteiger partial charge < -0.3 is 10.6 Å². The lowest BCUT2D eigenvalue weighted by Crippen LogP contribution is -2.42. The van der Waals surface area contributed by atoms with Crippen LogP contribution >= 0.6 is 12.4 Å². The summed E-state index contributed by atoms with van der Waals surface area (Å²) in [5.41, 5.74) is 6.14. The number of rotatable bonds is 4. The van der Waals surface area contributed by atoms with Crippen LogP contribution in [0.1, 0.15) is 52.9 Å². The maximum Gasteiger partial charge on any atom is 0.0107 e. The van der Waals surface area contributed by atoms with Crippen molar-refractivity contribution in [3.8, 4) is 0 Å². The minimum atomic E-state index is 0. The van der Waals surface area contributed by atoms with Gasteiger partial charge in [-0.25, -0.2) is 0 Å². The second kappa shape index (κ2) is 7.52. The summed E-state index contributed by atoms with van der Waals surface area (Å²) in [4.78, 5) is 2.67. The lowest BCUT2D eigenvalue weighted by Gasteiger charge is -2.37. The van der Waals surface area contributed by atoms with Crippen molar-refractivity contribution in [3.63, 3.8) is 0 Å². The second-order valence-corrected chi connectivity index (χ2v) is 6.07. The fourth-order valence-electron chi connectivity index (χ4n) is 2.35. The molecule has 0 saturated carbocycles. The van der Waals surface area contributed by atoms with Gasteiger partial charge in [-0.3, -0.25) is 0 Å². The topological polar surface area (TPSA) is 29.3 Å². The molecule has 0 radical (unpaired) electrons. The minimum Gasteiger partial charge on any atom is -0.330 e. The molecule has 1 unspecified atom stereocenters. The maximum absolute atomic E-state index is 5.68. The average Bonchev–Trinajstić information content (AvgIpc) is 2.16. The fraction of sp³-hybridized carbons (Fsp3) is 1.00. The summed E-state index contributed by atoms with van der Waals surface area (Å²) in [6, 6.07) is 0.770. The molecule has 1 aliphatic heterocycles. The van der Waals surface area contributed by atoms with Crippen LogP contribution in [0.25, 0.3) is 0 Å². The molecule has 2 nitrogen and oxygen atoms in total. The number of nitrogens with zero attached hydrogens (tertiary/aromatic N) is 1. The first-order chi connectivity index (χ1) is 7.03. The molecule has 1 rings (SSSR count). The first-order valence-corrected chi connectivity index (χ1v) is 6.47. The van der Waals surface area contributed by atoms with Crippen LogP contribution < -0.4 is 5.73 Å². The van der Waals surface area contributed by atoms with E-state index in [1.165, 1.54) is 45.2 Å². The Hall–Kier alpha value is 0.210. The first kappa shape index (κ1) is 16.2. The normalized spacial score (nSPS) is 22.9. The van der Waals surface area contributed by atoms with Crippen LogP contribution in [0, 0.1) is 5.41 Å². The Morgan fingerprint density at radius 1 is 1.25 bits per heavy atom. The van der Waals surface area contributed by atoms with E-state index in [0.717, 1.165) is 12.6 Å². The first-order valence-electron chi connectivity index (χ1n) is 6.47. The van der Waals surface area contributed by atoms with Crippen molar-refractivity contribution in [1.29, 1.82) is 0 Å². The quantitative estimate of drug-likeness (QED) is 0.829. The third-order valence-electron chi connectivity index (χ3n) is 3.40. The van der Waals surface area contributed by atoms with Gasteiger partial charge in [0.05, 0.1) is 0 Å². The van der Waals surface area contributed by atoms with Crippen molar-refractivity contribution in [2.24, 2.45) is 11.1 Å². The molecule has 2 N–H and O–H groups in total. The molecule has 16 heavy (non-hydrogen) atoms. The van der Waals surface area contributed by atoms with E-state index in [9.17, 15) is 0 Å². The Balaban J connectivity index is 0.00000225. The molecule has 0 aromatic heterocycles. The third kappa shape index (κ3) is 6.07. The number of hydrogen-bond donors (Lipinski definition) is 1.